The molecule has 0 aromatic heterocycles. The maximum atomic E-state index is 12.7. The van der Waals surface area contributed by atoms with Gasteiger partial charge in [-0.25, -0.2) is 0 Å². The molecule has 0 spiro atoms. The molecule has 4 atom stereocenters. The van der Waals surface area contributed by atoms with E-state index in [1.165, 1.54) is 0 Å². The number of nitrogens with one attached hydrogen (secondary N) is 1. The second-order valence-electron chi connectivity index (χ2n) is 6.91. The van der Waals surface area contributed by atoms with Crippen molar-refractivity contribution < 1.29 is 9.53 Å². The van der Waals surface area contributed by atoms with Crippen LogP contribution in [-0.2, 0) is 9.53 Å². The van der Waals surface area contributed by atoms with E-state index in [0.29, 0.717) is 6.61 Å². The second kappa shape index (κ2) is 6.39. The highest BCUT2D eigenvalue weighted by Gasteiger charge is 2.40. The molecule has 1 amide bonds. The van der Waals surface area contributed by atoms with Crippen LogP contribution in [-0.4, -0.2) is 24.1 Å². The van der Waals surface area contributed by atoms with Crippen molar-refractivity contribution in [1.82, 2.24) is 5.32 Å². The van der Waals surface area contributed by atoms with Crippen molar-refractivity contribution in [1.29, 1.82) is 0 Å². The molecule has 0 bridgehead atoms. The van der Waals surface area contributed by atoms with Crippen LogP contribution < -0.4 is 11.1 Å². The van der Waals surface area contributed by atoms with Crippen molar-refractivity contribution in [2.75, 3.05) is 6.61 Å². The van der Waals surface area contributed by atoms with Crippen LogP contribution in [0.2, 0.25) is 0 Å². The topological polar surface area (TPSA) is 64.4 Å². The third-order valence-corrected chi connectivity index (χ3v) is 5.12. The van der Waals surface area contributed by atoms with E-state index in [1.54, 1.807) is 0 Å². The van der Waals surface area contributed by atoms with E-state index < -0.39 is 0 Å². The number of carbonyl (C=O) groups is 1. The number of hydrogen-bond acceptors (Lipinski definition) is 3. The molecule has 3 N–H and O–H groups in total. The summed E-state index contributed by atoms with van der Waals surface area (Å²) in [6, 6.07) is 10.2. The maximum absolute atomic E-state index is 12.7. The molecule has 1 aromatic carbocycles. The first-order valence-electron chi connectivity index (χ1n) is 8.34. The molecular formula is C18H26N2O2. The summed E-state index contributed by atoms with van der Waals surface area (Å²) >= 11 is 0. The third kappa shape index (κ3) is 3.18. The van der Waals surface area contributed by atoms with E-state index in [-0.39, 0.29) is 29.5 Å². The third-order valence-electron chi connectivity index (χ3n) is 5.12. The Morgan fingerprint density at radius 1 is 1.27 bits per heavy atom. The number of nitrogens with two attached hydrogens (primary N) is 1. The lowest BCUT2D eigenvalue weighted by molar-refractivity contribution is -0.129. The molecular weight excluding hydrogens is 276 g/mol. The molecule has 4 heteroatoms. The van der Waals surface area contributed by atoms with E-state index in [9.17, 15) is 4.79 Å². The fraction of sp³-hybridized carbons (Fsp3) is 0.611. The van der Waals surface area contributed by atoms with Gasteiger partial charge in [0.25, 0.3) is 0 Å². The number of benzene rings is 1. The van der Waals surface area contributed by atoms with Gasteiger partial charge in [-0.3, -0.25) is 4.79 Å². The van der Waals surface area contributed by atoms with Crippen LogP contribution in [0.1, 0.15) is 50.7 Å². The van der Waals surface area contributed by atoms with Gasteiger partial charge in [-0.15, -0.1) is 0 Å². The Labute approximate surface area is 132 Å². The first kappa shape index (κ1) is 15.5. The molecule has 1 heterocycles. The van der Waals surface area contributed by atoms with Crippen molar-refractivity contribution in [2.24, 2.45) is 11.7 Å². The molecule has 4 unspecified atom stereocenters. The Bertz CT molecular complexity index is 515. The van der Waals surface area contributed by atoms with Gasteiger partial charge in [0, 0.05) is 12.1 Å². The first-order chi connectivity index (χ1) is 10.6. The van der Waals surface area contributed by atoms with Crippen LogP contribution in [0.15, 0.2) is 30.3 Å². The molecule has 1 aliphatic carbocycles. The minimum absolute atomic E-state index is 0.0437. The van der Waals surface area contributed by atoms with Gasteiger partial charge in [-0.2, -0.15) is 0 Å². The molecule has 1 aromatic rings. The van der Waals surface area contributed by atoms with Crippen molar-refractivity contribution in [2.45, 2.75) is 56.7 Å². The van der Waals surface area contributed by atoms with Gasteiger partial charge in [0.05, 0.1) is 12.0 Å². The number of amides is 1. The van der Waals surface area contributed by atoms with Crippen molar-refractivity contribution in [3.8, 4) is 0 Å². The highest BCUT2D eigenvalue weighted by molar-refractivity contribution is 5.80. The monoisotopic (exact) mass is 302 g/mol. The van der Waals surface area contributed by atoms with Crippen LogP contribution in [0.4, 0.5) is 0 Å². The largest absolute Gasteiger partial charge is 0.371 e. The quantitative estimate of drug-likeness (QED) is 0.902. The van der Waals surface area contributed by atoms with Gasteiger partial charge in [0.15, 0.2) is 0 Å². The predicted octanol–water partition coefficient (Wildman–Crippen LogP) is 2.54. The summed E-state index contributed by atoms with van der Waals surface area (Å²) in [6.07, 6.45) is 4.85. The average molecular weight is 302 g/mol. The lowest BCUT2D eigenvalue weighted by Crippen LogP contribution is -2.54. The molecule has 1 saturated carbocycles. The molecule has 2 fully saturated rings. The van der Waals surface area contributed by atoms with Crippen LogP contribution >= 0.6 is 0 Å². The smallest absolute Gasteiger partial charge is 0.225 e. The highest BCUT2D eigenvalue weighted by atomic mass is 16.5. The summed E-state index contributed by atoms with van der Waals surface area (Å²) in [5, 5.41) is 3.21. The first-order valence-corrected chi connectivity index (χ1v) is 8.34. The van der Waals surface area contributed by atoms with Crippen LogP contribution in [0.5, 0.6) is 0 Å². The zero-order valence-electron chi connectivity index (χ0n) is 13.3. The van der Waals surface area contributed by atoms with Gasteiger partial charge in [-0.05, 0) is 31.7 Å². The van der Waals surface area contributed by atoms with E-state index in [0.717, 1.165) is 37.7 Å². The van der Waals surface area contributed by atoms with E-state index >= 15 is 0 Å². The number of hydrogen-bond donors (Lipinski definition) is 2. The zero-order chi connectivity index (χ0) is 15.6. The summed E-state index contributed by atoms with van der Waals surface area (Å²) in [7, 11) is 0. The van der Waals surface area contributed by atoms with Crippen LogP contribution in [0.25, 0.3) is 0 Å². The second-order valence-corrected chi connectivity index (χ2v) is 6.91. The summed E-state index contributed by atoms with van der Waals surface area (Å²) in [4.78, 5) is 12.7. The van der Waals surface area contributed by atoms with Gasteiger partial charge >= 0.3 is 0 Å². The van der Waals surface area contributed by atoms with Crippen LogP contribution in [0, 0.1) is 5.92 Å². The average Bonchev–Trinajstić information content (AvgIpc) is 2.95. The van der Waals surface area contributed by atoms with E-state index in [1.807, 2.05) is 25.1 Å². The Morgan fingerprint density at radius 3 is 2.77 bits per heavy atom. The molecule has 1 saturated heterocycles. The minimum Gasteiger partial charge on any atom is -0.371 e. The molecule has 4 nitrogen and oxygen atoms in total. The fourth-order valence-electron chi connectivity index (χ4n) is 3.78. The maximum Gasteiger partial charge on any atom is 0.225 e. The van der Waals surface area contributed by atoms with Gasteiger partial charge < -0.3 is 15.8 Å². The molecule has 1 aliphatic heterocycles. The lowest BCUT2D eigenvalue weighted by atomic mass is 9.74. The number of ether oxygens (including phenoxy) is 1. The Hall–Kier alpha value is -1.39. The summed E-state index contributed by atoms with van der Waals surface area (Å²) in [5.41, 5.74) is 7.10. The number of rotatable bonds is 3. The summed E-state index contributed by atoms with van der Waals surface area (Å²) in [6.45, 7) is 2.70. The summed E-state index contributed by atoms with van der Waals surface area (Å²) in [5.74, 6) is 0.0133. The number of carbonyl (C=O) groups excluding carboxylic acids is 1. The highest BCUT2D eigenvalue weighted by Crippen LogP contribution is 2.33. The van der Waals surface area contributed by atoms with Gasteiger partial charge in [-0.1, -0.05) is 43.2 Å². The molecule has 2 aliphatic rings. The van der Waals surface area contributed by atoms with E-state index in [2.05, 4.69) is 17.4 Å². The van der Waals surface area contributed by atoms with Gasteiger partial charge in [0.2, 0.25) is 5.91 Å². The SMILES string of the molecule is CC1(N)CCCCC1C(=O)NC1CCOC1c1ccccc1. The predicted molar refractivity (Wildman–Crippen MR) is 86.2 cm³/mol. The molecule has 3 rings (SSSR count). The molecule has 22 heavy (non-hydrogen) atoms. The zero-order valence-corrected chi connectivity index (χ0v) is 13.3. The normalized spacial score (nSPS) is 35.3. The van der Waals surface area contributed by atoms with Crippen molar-refractivity contribution in [3.63, 3.8) is 0 Å². The minimum atomic E-state index is -0.385. The Morgan fingerprint density at radius 2 is 2.05 bits per heavy atom. The standard InChI is InChI=1S/C18H26N2O2/c1-18(19)11-6-5-9-14(18)17(21)20-15-10-12-22-16(15)13-7-3-2-4-8-13/h2-4,7-8,14-16H,5-6,9-12,19H2,1H3,(H,20,21). The Kier molecular flexibility index (Phi) is 4.50. The van der Waals surface area contributed by atoms with Crippen LogP contribution in [0.3, 0.4) is 0 Å². The van der Waals surface area contributed by atoms with Crippen molar-refractivity contribution >= 4 is 5.91 Å². The lowest BCUT2D eigenvalue weighted by Gasteiger charge is -2.38. The van der Waals surface area contributed by atoms with E-state index in [4.69, 9.17) is 10.5 Å². The molecule has 120 valence electrons. The van der Waals surface area contributed by atoms with Crippen molar-refractivity contribution in [3.05, 3.63) is 35.9 Å². The van der Waals surface area contributed by atoms with Gasteiger partial charge in [0.1, 0.15) is 6.10 Å². The fourth-order valence-corrected chi connectivity index (χ4v) is 3.78. The summed E-state index contributed by atoms with van der Waals surface area (Å²) < 4.78 is 5.85. The Balaban J connectivity index is 1.68. The molecule has 0 radical (unpaired) electrons.